The fourth-order valence-corrected chi connectivity index (χ4v) is 3.87. The number of aryl methyl sites for hydroxylation is 2. The van der Waals surface area contributed by atoms with Crippen molar-refractivity contribution in [2.24, 2.45) is 5.41 Å². The third-order valence-corrected chi connectivity index (χ3v) is 5.97. The number of aromatic amines is 1. The monoisotopic (exact) mass is 492 g/mol. The molecule has 0 saturated carbocycles. The van der Waals surface area contributed by atoms with E-state index in [-0.39, 0.29) is 5.91 Å². The van der Waals surface area contributed by atoms with Crippen molar-refractivity contribution < 1.29 is 4.79 Å². The predicted molar refractivity (Wildman–Crippen MR) is 137 cm³/mol. The van der Waals surface area contributed by atoms with Crippen LogP contribution in [0.5, 0.6) is 0 Å². The molecule has 0 spiro atoms. The Labute approximate surface area is 208 Å². The van der Waals surface area contributed by atoms with Gasteiger partial charge in [-0.3, -0.25) is 14.5 Å². The number of nitrogens with zero attached hydrogens (tertiary/aromatic N) is 4. The number of benzene rings is 2. The van der Waals surface area contributed by atoms with Crippen molar-refractivity contribution in [2.45, 2.75) is 47.7 Å². The molecule has 0 bridgehead atoms. The van der Waals surface area contributed by atoms with E-state index in [9.17, 15) is 9.59 Å². The number of carbonyl (C=O) groups excluding carboxylic acids is 1. The molecule has 182 valence electrons. The van der Waals surface area contributed by atoms with Crippen molar-refractivity contribution in [1.82, 2.24) is 29.9 Å². The van der Waals surface area contributed by atoms with Crippen molar-refractivity contribution in [3.8, 4) is 17.1 Å². The van der Waals surface area contributed by atoms with Gasteiger partial charge in [-0.15, -0.1) is 5.10 Å². The highest BCUT2D eigenvalue weighted by Gasteiger charge is 2.21. The summed E-state index contributed by atoms with van der Waals surface area (Å²) < 4.78 is 3.20. The SMILES string of the molecule is Cc1cc(C)n(Cc2ccc(-c3nn(-c4cc(CNC(=O)C(C)(C)C)ccc4Cl)c(=O)[nH]3)cc2)n1. The van der Waals surface area contributed by atoms with E-state index in [0.29, 0.717) is 29.6 Å². The van der Waals surface area contributed by atoms with Gasteiger partial charge in [0.1, 0.15) is 0 Å². The predicted octanol–water partition coefficient (Wildman–Crippen LogP) is 4.40. The fourth-order valence-electron chi connectivity index (χ4n) is 3.67. The van der Waals surface area contributed by atoms with Crippen molar-refractivity contribution in [3.05, 3.63) is 86.6 Å². The summed E-state index contributed by atoms with van der Waals surface area (Å²) in [5.74, 6) is 0.379. The molecule has 0 radical (unpaired) electrons. The average Bonchev–Trinajstić information content (AvgIpc) is 3.33. The van der Waals surface area contributed by atoms with Crippen LogP contribution >= 0.6 is 11.6 Å². The summed E-state index contributed by atoms with van der Waals surface area (Å²) in [6.07, 6.45) is 0. The number of nitrogens with one attached hydrogen (secondary N) is 2. The third-order valence-electron chi connectivity index (χ3n) is 5.65. The van der Waals surface area contributed by atoms with Gasteiger partial charge in [0.15, 0.2) is 5.82 Å². The zero-order valence-electron chi connectivity index (χ0n) is 20.5. The zero-order chi connectivity index (χ0) is 25.3. The molecule has 2 N–H and O–H groups in total. The highest BCUT2D eigenvalue weighted by Crippen LogP contribution is 2.22. The van der Waals surface area contributed by atoms with E-state index in [1.54, 1.807) is 12.1 Å². The molecular formula is C26H29ClN6O2. The maximum Gasteiger partial charge on any atom is 0.348 e. The van der Waals surface area contributed by atoms with Gasteiger partial charge in [-0.2, -0.15) is 9.78 Å². The van der Waals surface area contributed by atoms with Crippen LogP contribution in [0.1, 0.15) is 43.3 Å². The molecule has 2 heterocycles. The second-order valence-electron chi connectivity index (χ2n) is 9.69. The number of halogens is 1. The van der Waals surface area contributed by atoms with E-state index >= 15 is 0 Å². The first-order chi connectivity index (χ1) is 16.5. The lowest BCUT2D eigenvalue weighted by Crippen LogP contribution is -2.34. The zero-order valence-corrected chi connectivity index (χ0v) is 21.3. The van der Waals surface area contributed by atoms with E-state index in [1.165, 1.54) is 4.68 Å². The molecule has 2 aromatic heterocycles. The Kier molecular flexibility index (Phi) is 6.67. The van der Waals surface area contributed by atoms with E-state index in [0.717, 1.165) is 28.1 Å². The number of rotatable bonds is 6. The van der Waals surface area contributed by atoms with Gasteiger partial charge in [-0.25, -0.2) is 4.79 Å². The Balaban J connectivity index is 1.55. The molecule has 0 saturated heterocycles. The molecule has 0 unspecified atom stereocenters. The second kappa shape index (κ2) is 9.54. The van der Waals surface area contributed by atoms with Gasteiger partial charge in [-0.05, 0) is 43.2 Å². The van der Waals surface area contributed by atoms with Crippen LogP contribution in [0.25, 0.3) is 17.1 Å². The van der Waals surface area contributed by atoms with Crippen LogP contribution in [0.15, 0.2) is 53.3 Å². The third kappa shape index (κ3) is 5.54. The molecular weight excluding hydrogens is 464 g/mol. The van der Waals surface area contributed by atoms with Crippen LogP contribution < -0.4 is 11.0 Å². The molecule has 0 aliphatic carbocycles. The minimum Gasteiger partial charge on any atom is -0.352 e. The lowest BCUT2D eigenvalue weighted by molar-refractivity contribution is -0.128. The summed E-state index contributed by atoms with van der Waals surface area (Å²) in [6, 6.07) is 15.1. The topological polar surface area (TPSA) is 97.6 Å². The number of hydrogen-bond donors (Lipinski definition) is 2. The number of carbonyl (C=O) groups is 1. The maximum atomic E-state index is 12.7. The molecule has 2 aromatic carbocycles. The van der Waals surface area contributed by atoms with E-state index in [2.05, 4.69) is 20.5 Å². The van der Waals surface area contributed by atoms with Crippen molar-refractivity contribution in [3.63, 3.8) is 0 Å². The van der Waals surface area contributed by atoms with Crippen LogP contribution in [0.3, 0.4) is 0 Å². The average molecular weight is 493 g/mol. The van der Waals surface area contributed by atoms with Gasteiger partial charge in [0.2, 0.25) is 5.91 Å². The van der Waals surface area contributed by atoms with E-state index < -0.39 is 11.1 Å². The maximum absolute atomic E-state index is 12.7. The number of aromatic nitrogens is 5. The van der Waals surface area contributed by atoms with Crippen molar-refractivity contribution >= 4 is 17.5 Å². The summed E-state index contributed by atoms with van der Waals surface area (Å²) in [5, 5.41) is 12.3. The fraction of sp³-hybridized carbons (Fsp3) is 0.308. The van der Waals surface area contributed by atoms with Crippen LogP contribution in [0, 0.1) is 19.3 Å². The molecule has 8 nitrogen and oxygen atoms in total. The Morgan fingerprint density at radius 2 is 1.71 bits per heavy atom. The standard InChI is InChI=1S/C26H29ClN6O2/c1-16-12-17(2)32(30-16)15-18-6-9-20(10-7-18)23-29-25(35)33(31-23)22-13-19(8-11-21(22)27)14-28-24(34)26(3,4)5/h6-13H,14-15H2,1-5H3,(H,28,34)(H,29,31,35). The van der Waals surface area contributed by atoms with Crippen molar-refractivity contribution in [1.29, 1.82) is 0 Å². The quantitative estimate of drug-likeness (QED) is 0.416. The lowest BCUT2D eigenvalue weighted by atomic mass is 9.95. The molecule has 4 rings (SSSR count). The minimum atomic E-state index is -0.491. The lowest BCUT2D eigenvalue weighted by Gasteiger charge is -2.17. The molecule has 0 aliphatic heterocycles. The van der Waals surface area contributed by atoms with Gasteiger partial charge < -0.3 is 5.32 Å². The molecule has 0 aliphatic rings. The Morgan fingerprint density at radius 1 is 1.03 bits per heavy atom. The van der Waals surface area contributed by atoms with Gasteiger partial charge in [-0.1, -0.05) is 62.7 Å². The van der Waals surface area contributed by atoms with Crippen LogP contribution in [-0.4, -0.2) is 30.5 Å². The first-order valence-electron chi connectivity index (χ1n) is 11.4. The Hall–Kier alpha value is -3.65. The van der Waals surface area contributed by atoms with Crippen LogP contribution in [0.4, 0.5) is 0 Å². The molecule has 0 atom stereocenters. The Bertz CT molecular complexity index is 1420. The highest BCUT2D eigenvalue weighted by atomic mass is 35.5. The summed E-state index contributed by atoms with van der Waals surface area (Å²) in [7, 11) is 0. The summed E-state index contributed by atoms with van der Waals surface area (Å²) in [6.45, 7) is 10.6. The van der Waals surface area contributed by atoms with Gasteiger partial charge in [0.25, 0.3) is 0 Å². The first kappa shape index (κ1) is 24.5. The number of amides is 1. The molecule has 1 amide bonds. The summed E-state index contributed by atoms with van der Waals surface area (Å²) >= 11 is 6.40. The smallest absolute Gasteiger partial charge is 0.348 e. The van der Waals surface area contributed by atoms with E-state index in [4.69, 9.17) is 11.6 Å². The number of hydrogen-bond acceptors (Lipinski definition) is 4. The highest BCUT2D eigenvalue weighted by molar-refractivity contribution is 6.32. The second-order valence-corrected chi connectivity index (χ2v) is 10.1. The molecule has 35 heavy (non-hydrogen) atoms. The van der Waals surface area contributed by atoms with Crippen LogP contribution in [0.2, 0.25) is 5.02 Å². The molecule has 0 fully saturated rings. The Morgan fingerprint density at radius 3 is 2.34 bits per heavy atom. The van der Waals surface area contributed by atoms with Gasteiger partial charge in [0.05, 0.1) is 22.9 Å². The van der Waals surface area contributed by atoms with Gasteiger partial charge in [0, 0.05) is 23.2 Å². The minimum absolute atomic E-state index is 0.0606. The first-order valence-corrected chi connectivity index (χ1v) is 11.8. The molecule has 4 aromatic rings. The normalized spacial score (nSPS) is 11.6. The largest absolute Gasteiger partial charge is 0.352 e. The van der Waals surface area contributed by atoms with E-state index in [1.807, 2.05) is 75.7 Å². The van der Waals surface area contributed by atoms with Crippen molar-refractivity contribution in [2.75, 3.05) is 0 Å². The van der Waals surface area contributed by atoms with Crippen LogP contribution in [-0.2, 0) is 17.9 Å². The summed E-state index contributed by atoms with van der Waals surface area (Å²) in [5.41, 5.74) is 4.33. The number of H-pyrrole nitrogens is 1. The summed E-state index contributed by atoms with van der Waals surface area (Å²) in [4.78, 5) is 27.7. The molecule has 9 heteroatoms. The van der Waals surface area contributed by atoms with Gasteiger partial charge >= 0.3 is 5.69 Å².